The number of carbonyl (C=O) groups excluding carboxylic acids is 1. The second kappa shape index (κ2) is 7.68. The zero-order valence-electron chi connectivity index (χ0n) is 15.4. The highest BCUT2D eigenvalue weighted by Gasteiger charge is 2.29. The summed E-state index contributed by atoms with van der Waals surface area (Å²) in [4.78, 5) is 21.3. The molecular weight excluding hydrogens is 332 g/mol. The van der Waals surface area contributed by atoms with Gasteiger partial charge in [-0.1, -0.05) is 18.2 Å². The number of thioether (sulfide) groups is 1. The van der Waals surface area contributed by atoms with Gasteiger partial charge in [0.25, 0.3) is 0 Å². The van der Waals surface area contributed by atoms with E-state index >= 15 is 0 Å². The quantitative estimate of drug-likeness (QED) is 0.650. The maximum atomic E-state index is 12.8. The summed E-state index contributed by atoms with van der Waals surface area (Å²) in [5, 5.41) is 3.28. The number of guanidine groups is 1. The molecule has 3 rings (SSSR count). The van der Waals surface area contributed by atoms with E-state index in [2.05, 4.69) is 35.1 Å². The SMILES string of the molecule is CN=C(NCC(=O)N1CCCc2ccccc21)N1CCSC(C)(C)C1. The van der Waals surface area contributed by atoms with E-state index in [1.807, 2.05) is 34.9 Å². The molecule has 0 aromatic heterocycles. The zero-order chi connectivity index (χ0) is 17.9. The number of carbonyl (C=O) groups is 1. The van der Waals surface area contributed by atoms with E-state index in [0.29, 0.717) is 0 Å². The number of hydrogen-bond donors (Lipinski definition) is 1. The topological polar surface area (TPSA) is 47.9 Å². The summed E-state index contributed by atoms with van der Waals surface area (Å²) in [7, 11) is 1.79. The van der Waals surface area contributed by atoms with Gasteiger partial charge < -0.3 is 15.1 Å². The maximum Gasteiger partial charge on any atom is 0.246 e. The van der Waals surface area contributed by atoms with Crippen molar-refractivity contribution in [2.24, 2.45) is 4.99 Å². The van der Waals surface area contributed by atoms with Crippen LogP contribution in [0.25, 0.3) is 0 Å². The highest BCUT2D eigenvalue weighted by Crippen LogP contribution is 2.29. The van der Waals surface area contributed by atoms with Crippen molar-refractivity contribution < 1.29 is 4.79 Å². The first-order chi connectivity index (χ1) is 12.0. The minimum Gasteiger partial charge on any atom is -0.347 e. The molecule has 5 nitrogen and oxygen atoms in total. The summed E-state index contributed by atoms with van der Waals surface area (Å²) in [6.45, 7) is 7.50. The molecule has 1 saturated heterocycles. The number of benzene rings is 1. The van der Waals surface area contributed by atoms with Crippen LogP contribution in [0.5, 0.6) is 0 Å². The normalized spacial score (nSPS) is 20.2. The minimum absolute atomic E-state index is 0.110. The lowest BCUT2D eigenvalue weighted by Crippen LogP contribution is -2.53. The van der Waals surface area contributed by atoms with Crippen LogP contribution >= 0.6 is 11.8 Å². The van der Waals surface area contributed by atoms with Gasteiger partial charge in [0.2, 0.25) is 5.91 Å². The van der Waals surface area contributed by atoms with Gasteiger partial charge >= 0.3 is 0 Å². The Bertz CT molecular complexity index is 659. The Morgan fingerprint density at radius 3 is 2.88 bits per heavy atom. The third-order valence-electron chi connectivity index (χ3n) is 4.75. The molecule has 1 aromatic rings. The van der Waals surface area contributed by atoms with Crippen LogP contribution in [-0.4, -0.2) is 60.5 Å². The fourth-order valence-electron chi connectivity index (χ4n) is 3.57. The second-order valence-electron chi connectivity index (χ2n) is 7.21. The molecule has 6 heteroatoms. The lowest BCUT2D eigenvalue weighted by atomic mass is 10.0. The second-order valence-corrected chi connectivity index (χ2v) is 9.01. The van der Waals surface area contributed by atoms with Gasteiger partial charge in [0.1, 0.15) is 0 Å². The number of nitrogens with zero attached hydrogens (tertiary/aromatic N) is 3. The van der Waals surface area contributed by atoms with Crippen molar-refractivity contribution in [1.82, 2.24) is 10.2 Å². The molecule has 0 unspecified atom stereocenters. The number of para-hydroxylation sites is 1. The fraction of sp³-hybridized carbons (Fsp3) is 0.579. The van der Waals surface area contributed by atoms with Gasteiger partial charge in [-0.3, -0.25) is 9.79 Å². The van der Waals surface area contributed by atoms with E-state index in [1.165, 1.54) is 5.56 Å². The van der Waals surface area contributed by atoms with E-state index < -0.39 is 0 Å². The van der Waals surface area contributed by atoms with Gasteiger partial charge in [0.05, 0.1) is 6.54 Å². The van der Waals surface area contributed by atoms with E-state index in [1.54, 1.807) is 7.05 Å². The molecule has 2 aliphatic rings. The Kier molecular flexibility index (Phi) is 5.57. The molecule has 25 heavy (non-hydrogen) atoms. The number of fused-ring (bicyclic) bond motifs is 1. The number of nitrogens with one attached hydrogen (secondary N) is 1. The van der Waals surface area contributed by atoms with Gasteiger partial charge in [0, 0.05) is 42.9 Å². The number of anilines is 1. The molecule has 2 aliphatic heterocycles. The molecule has 0 radical (unpaired) electrons. The van der Waals surface area contributed by atoms with E-state index in [4.69, 9.17) is 0 Å². The Hall–Kier alpha value is -1.69. The largest absolute Gasteiger partial charge is 0.347 e. The number of hydrogen-bond acceptors (Lipinski definition) is 3. The molecule has 136 valence electrons. The summed E-state index contributed by atoms with van der Waals surface area (Å²) in [6.07, 6.45) is 2.07. The third kappa shape index (κ3) is 4.29. The van der Waals surface area contributed by atoms with Crippen LogP contribution in [-0.2, 0) is 11.2 Å². The first kappa shape index (κ1) is 18.1. The smallest absolute Gasteiger partial charge is 0.246 e. The molecule has 0 spiro atoms. The van der Waals surface area contributed by atoms with Gasteiger partial charge in [0.15, 0.2) is 5.96 Å². The van der Waals surface area contributed by atoms with Crippen molar-refractivity contribution in [2.75, 3.05) is 43.9 Å². The van der Waals surface area contributed by atoms with Crippen LogP contribution in [0.4, 0.5) is 5.69 Å². The van der Waals surface area contributed by atoms with Crippen molar-refractivity contribution in [3.05, 3.63) is 29.8 Å². The van der Waals surface area contributed by atoms with Gasteiger partial charge in [-0.05, 0) is 38.3 Å². The van der Waals surface area contributed by atoms with Crippen molar-refractivity contribution >= 4 is 29.3 Å². The highest BCUT2D eigenvalue weighted by molar-refractivity contribution is 8.00. The molecule has 1 fully saturated rings. The average molecular weight is 361 g/mol. The van der Waals surface area contributed by atoms with Crippen LogP contribution in [0.2, 0.25) is 0 Å². The van der Waals surface area contributed by atoms with Crippen LogP contribution in [0.1, 0.15) is 25.8 Å². The van der Waals surface area contributed by atoms with Crippen molar-refractivity contribution in [2.45, 2.75) is 31.4 Å². The molecule has 2 heterocycles. The van der Waals surface area contributed by atoms with Crippen molar-refractivity contribution in [1.29, 1.82) is 0 Å². The first-order valence-corrected chi connectivity index (χ1v) is 9.96. The molecule has 1 amide bonds. The Balaban J connectivity index is 1.62. The number of rotatable bonds is 2. The minimum atomic E-state index is 0.110. The van der Waals surface area contributed by atoms with Crippen LogP contribution in [0.15, 0.2) is 29.3 Å². The van der Waals surface area contributed by atoms with Gasteiger partial charge in [-0.2, -0.15) is 11.8 Å². The van der Waals surface area contributed by atoms with Crippen LogP contribution < -0.4 is 10.2 Å². The standard InChI is InChI=1S/C19H28N4OS/c1-19(2)14-22(11-12-25-19)18(20-3)21-13-17(24)23-10-6-8-15-7-4-5-9-16(15)23/h4-5,7,9H,6,8,10-14H2,1-3H3,(H,20,21). The summed E-state index contributed by atoms with van der Waals surface area (Å²) >= 11 is 1.99. The summed E-state index contributed by atoms with van der Waals surface area (Å²) in [5.41, 5.74) is 2.33. The lowest BCUT2D eigenvalue weighted by molar-refractivity contribution is -0.117. The molecular formula is C19H28N4OS. The summed E-state index contributed by atoms with van der Waals surface area (Å²) in [6, 6.07) is 8.22. The van der Waals surface area contributed by atoms with Crippen molar-refractivity contribution in [3.8, 4) is 0 Å². The number of aryl methyl sites for hydroxylation is 1. The third-order valence-corrected chi connectivity index (χ3v) is 6.04. The Labute approximate surface area is 154 Å². The van der Waals surface area contributed by atoms with E-state index in [-0.39, 0.29) is 17.2 Å². The predicted molar refractivity (Wildman–Crippen MR) is 107 cm³/mol. The highest BCUT2D eigenvalue weighted by atomic mass is 32.2. The predicted octanol–water partition coefficient (Wildman–Crippen LogP) is 2.37. The van der Waals surface area contributed by atoms with Gasteiger partial charge in [-0.25, -0.2) is 0 Å². The lowest BCUT2D eigenvalue weighted by Gasteiger charge is -2.39. The summed E-state index contributed by atoms with van der Waals surface area (Å²) in [5.74, 6) is 2.02. The summed E-state index contributed by atoms with van der Waals surface area (Å²) < 4.78 is 0.214. The molecule has 1 N–H and O–H groups in total. The number of amides is 1. The maximum absolute atomic E-state index is 12.8. The molecule has 0 saturated carbocycles. The fourth-order valence-corrected chi connectivity index (χ4v) is 4.68. The van der Waals surface area contributed by atoms with Crippen molar-refractivity contribution in [3.63, 3.8) is 0 Å². The Morgan fingerprint density at radius 1 is 1.32 bits per heavy atom. The van der Waals surface area contributed by atoms with E-state index in [0.717, 1.165) is 49.9 Å². The molecule has 0 atom stereocenters. The van der Waals surface area contributed by atoms with Gasteiger partial charge in [-0.15, -0.1) is 0 Å². The Morgan fingerprint density at radius 2 is 2.12 bits per heavy atom. The molecule has 0 aliphatic carbocycles. The van der Waals surface area contributed by atoms with E-state index in [9.17, 15) is 4.79 Å². The van der Waals surface area contributed by atoms with Crippen LogP contribution in [0, 0.1) is 0 Å². The molecule has 1 aromatic carbocycles. The first-order valence-electron chi connectivity index (χ1n) is 8.98. The average Bonchev–Trinajstić information content (AvgIpc) is 2.61. The van der Waals surface area contributed by atoms with Crippen LogP contribution in [0.3, 0.4) is 0 Å². The molecule has 0 bridgehead atoms. The monoisotopic (exact) mass is 360 g/mol. The number of aliphatic imine (C=N–C) groups is 1. The zero-order valence-corrected chi connectivity index (χ0v) is 16.2.